The average molecular weight is 275 g/mol. The molecule has 0 saturated carbocycles. The summed E-state index contributed by atoms with van der Waals surface area (Å²) in [7, 11) is 0. The van der Waals surface area contributed by atoms with Crippen molar-refractivity contribution in [3.05, 3.63) is 30.3 Å². The fourth-order valence-electron chi connectivity index (χ4n) is 1.63. The van der Waals surface area contributed by atoms with E-state index in [1.54, 1.807) is 6.07 Å². The van der Waals surface area contributed by atoms with Crippen LogP contribution in [0.4, 0.5) is 18.9 Å². The number of nitrogens with zero attached hydrogens (tertiary/aromatic N) is 1. The summed E-state index contributed by atoms with van der Waals surface area (Å²) in [4.78, 5) is 22.7. The van der Waals surface area contributed by atoms with Crippen molar-refractivity contribution < 1.29 is 27.9 Å². The van der Waals surface area contributed by atoms with Crippen LogP contribution in [0.3, 0.4) is 0 Å². The van der Waals surface area contributed by atoms with Crippen LogP contribution in [0.1, 0.15) is 13.3 Å². The Kier molecular flexibility index (Phi) is 4.52. The number of carbonyl (C=O) groups excluding carboxylic acids is 1. The molecule has 1 amide bonds. The molecule has 0 aliphatic rings. The molecule has 19 heavy (non-hydrogen) atoms. The molecule has 0 spiro atoms. The molecule has 7 heteroatoms. The molecule has 0 saturated heterocycles. The van der Waals surface area contributed by atoms with Gasteiger partial charge in [0.15, 0.2) is 0 Å². The summed E-state index contributed by atoms with van der Waals surface area (Å²) < 4.78 is 37.7. The molecule has 0 radical (unpaired) electrons. The topological polar surface area (TPSA) is 57.6 Å². The SMILES string of the molecule is CCC(C(=O)O)N(C(=O)C(F)(F)F)c1ccccc1. The summed E-state index contributed by atoms with van der Waals surface area (Å²) in [5, 5.41) is 8.96. The number of carboxylic acids is 1. The minimum Gasteiger partial charge on any atom is -0.480 e. The lowest BCUT2D eigenvalue weighted by Gasteiger charge is -2.28. The monoisotopic (exact) mass is 275 g/mol. The first kappa shape index (κ1) is 15.0. The summed E-state index contributed by atoms with van der Waals surface area (Å²) in [6.45, 7) is 1.40. The molecular formula is C12H12F3NO3. The van der Waals surface area contributed by atoms with E-state index >= 15 is 0 Å². The minimum absolute atomic E-state index is 0.0981. The highest BCUT2D eigenvalue weighted by atomic mass is 19.4. The first-order chi connectivity index (χ1) is 8.79. The minimum atomic E-state index is -5.13. The molecule has 0 aromatic heterocycles. The van der Waals surface area contributed by atoms with E-state index in [4.69, 9.17) is 5.11 Å². The zero-order valence-electron chi connectivity index (χ0n) is 10.0. The maximum Gasteiger partial charge on any atom is 0.471 e. The Morgan fingerprint density at radius 2 is 1.79 bits per heavy atom. The van der Waals surface area contributed by atoms with Crippen molar-refractivity contribution >= 4 is 17.6 Å². The number of alkyl halides is 3. The van der Waals surface area contributed by atoms with E-state index in [-0.39, 0.29) is 17.0 Å². The third kappa shape index (κ3) is 3.46. The van der Waals surface area contributed by atoms with Gasteiger partial charge >= 0.3 is 18.1 Å². The van der Waals surface area contributed by atoms with Crippen LogP contribution in [-0.2, 0) is 9.59 Å². The van der Waals surface area contributed by atoms with Gasteiger partial charge in [-0.3, -0.25) is 9.69 Å². The second kappa shape index (κ2) is 5.73. The lowest BCUT2D eigenvalue weighted by Crippen LogP contribution is -2.50. The second-order valence-corrected chi connectivity index (χ2v) is 3.77. The lowest BCUT2D eigenvalue weighted by atomic mass is 10.1. The quantitative estimate of drug-likeness (QED) is 0.918. The molecule has 0 fully saturated rings. The molecule has 1 rings (SSSR count). The largest absolute Gasteiger partial charge is 0.480 e. The Morgan fingerprint density at radius 1 is 1.26 bits per heavy atom. The molecule has 0 bridgehead atoms. The van der Waals surface area contributed by atoms with E-state index < -0.39 is 24.1 Å². The molecule has 0 aliphatic heterocycles. The van der Waals surface area contributed by atoms with Crippen molar-refractivity contribution in [3.63, 3.8) is 0 Å². The van der Waals surface area contributed by atoms with Gasteiger partial charge in [-0.05, 0) is 18.6 Å². The van der Waals surface area contributed by atoms with Crippen LogP contribution in [0.25, 0.3) is 0 Å². The van der Waals surface area contributed by atoms with Gasteiger partial charge in [-0.25, -0.2) is 4.79 Å². The van der Waals surface area contributed by atoms with Crippen molar-refractivity contribution in [3.8, 4) is 0 Å². The van der Waals surface area contributed by atoms with E-state index in [9.17, 15) is 22.8 Å². The van der Waals surface area contributed by atoms with Gasteiger partial charge in [0.2, 0.25) is 0 Å². The van der Waals surface area contributed by atoms with Gasteiger partial charge in [-0.2, -0.15) is 13.2 Å². The fraction of sp³-hybridized carbons (Fsp3) is 0.333. The van der Waals surface area contributed by atoms with Gasteiger partial charge in [-0.1, -0.05) is 25.1 Å². The summed E-state index contributed by atoms with van der Waals surface area (Å²) in [5.41, 5.74) is -0.0981. The summed E-state index contributed by atoms with van der Waals surface area (Å²) in [5.74, 6) is -3.67. The first-order valence-electron chi connectivity index (χ1n) is 5.47. The van der Waals surface area contributed by atoms with Crippen LogP contribution >= 0.6 is 0 Å². The zero-order chi connectivity index (χ0) is 14.6. The highest BCUT2D eigenvalue weighted by Gasteiger charge is 2.46. The molecule has 0 aliphatic carbocycles. The number of hydrogen-bond donors (Lipinski definition) is 1. The predicted molar refractivity (Wildman–Crippen MR) is 61.7 cm³/mol. The predicted octanol–water partition coefficient (Wildman–Crippen LogP) is 2.45. The van der Waals surface area contributed by atoms with Crippen LogP contribution in [0.2, 0.25) is 0 Å². The molecule has 0 heterocycles. The van der Waals surface area contributed by atoms with E-state index in [1.807, 2.05) is 0 Å². The molecule has 1 N–H and O–H groups in total. The normalized spacial score (nSPS) is 12.8. The number of anilines is 1. The number of benzene rings is 1. The van der Waals surface area contributed by atoms with Crippen molar-refractivity contribution in [2.24, 2.45) is 0 Å². The second-order valence-electron chi connectivity index (χ2n) is 3.77. The third-order valence-corrected chi connectivity index (χ3v) is 2.48. The highest BCUT2D eigenvalue weighted by Crippen LogP contribution is 2.26. The first-order valence-corrected chi connectivity index (χ1v) is 5.47. The molecule has 1 unspecified atom stereocenters. The Labute approximate surface area is 107 Å². The highest BCUT2D eigenvalue weighted by molar-refractivity contribution is 6.02. The number of carboxylic acid groups (broad SMARTS) is 1. The van der Waals surface area contributed by atoms with Crippen molar-refractivity contribution in [1.29, 1.82) is 0 Å². The number of para-hydroxylation sites is 1. The maximum absolute atomic E-state index is 12.6. The Hall–Kier alpha value is -2.05. The molecule has 1 aromatic carbocycles. The standard InChI is InChI=1S/C12H12F3NO3/c1-2-9(10(17)18)16(11(19)12(13,14)15)8-6-4-3-5-7-8/h3-7,9H,2H2,1H3,(H,17,18). The van der Waals surface area contributed by atoms with Crippen LogP contribution in [0, 0.1) is 0 Å². The lowest BCUT2D eigenvalue weighted by molar-refractivity contribution is -0.171. The number of aliphatic carboxylic acids is 1. The van der Waals surface area contributed by atoms with Crippen LogP contribution in [0.15, 0.2) is 30.3 Å². The van der Waals surface area contributed by atoms with Gasteiger partial charge in [0, 0.05) is 5.69 Å². The van der Waals surface area contributed by atoms with Gasteiger partial charge in [-0.15, -0.1) is 0 Å². The van der Waals surface area contributed by atoms with Crippen LogP contribution in [-0.4, -0.2) is 29.2 Å². The Bertz CT molecular complexity index is 459. The molecule has 1 aromatic rings. The van der Waals surface area contributed by atoms with E-state index in [0.717, 1.165) is 0 Å². The van der Waals surface area contributed by atoms with Crippen molar-refractivity contribution in [2.45, 2.75) is 25.6 Å². The van der Waals surface area contributed by atoms with Gasteiger partial charge < -0.3 is 5.11 Å². The van der Waals surface area contributed by atoms with Crippen molar-refractivity contribution in [2.75, 3.05) is 4.90 Å². The number of hydrogen-bond acceptors (Lipinski definition) is 2. The molecular weight excluding hydrogens is 263 g/mol. The molecule has 1 atom stereocenters. The fourth-order valence-corrected chi connectivity index (χ4v) is 1.63. The smallest absolute Gasteiger partial charge is 0.471 e. The summed E-state index contributed by atoms with van der Waals surface area (Å²) >= 11 is 0. The summed E-state index contributed by atoms with van der Waals surface area (Å²) in [6.07, 6.45) is -5.26. The van der Waals surface area contributed by atoms with Gasteiger partial charge in [0.05, 0.1) is 0 Å². The van der Waals surface area contributed by atoms with E-state index in [0.29, 0.717) is 0 Å². The Balaban J connectivity index is 3.26. The van der Waals surface area contributed by atoms with Crippen LogP contribution in [0.5, 0.6) is 0 Å². The van der Waals surface area contributed by atoms with Gasteiger partial charge in [0.25, 0.3) is 0 Å². The summed E-state index contributed by atoms with van der Waals surface area (Å²) in [6, 6.07) is 5.38. The third-order valence-electron chi connectivity index (χ3n) is 2.48. The van der Waals surface area contributed by atoms with Gasteiger partial charge in [0.1, 0.15) is 6.04 Å². The number of carbonyl (C=O) groups is 2. The maximum atomic E-state index is 12.6. The molecule has 104 valence electrons. The zero-order valence-corrected chi connectivity index (χ0v) is 10.0. The molecule has 4 nitrogen and oxygen atoms in total. The number of amides is 1. The number of rotatable bonds is 4. The van der Waals surface area contributed by atoms with Crippen LogP contribution < -0.4 is 4.90 Å². The van der Waals surface area contributed by atoms with Crippen molar-refractivity contribution in [1.82, 2.24) is 0 Å². The Morgan fingerprint density at radius 3 is 2.16 bits per heavy atom. The van der Waals surface area contributed by atoms with E-state index in [2.05, 4.69) is 0 Å². The van der Waals surface area contributed by atoms with E-state index in [1.165, 1.54) is 31.2 Å². The average Bonchev–Trinajstić information content (AvgIpc) is 2.34. The number of halogens is 3.